The summed E-state index contributed by atoms with van der Waals surface area (Å²) in [4.78, 5) is 10.6. The average Bonchev–Trinajstić information content (AvgIpc) is 2.39. The highest BCUT2D eigenvalue weighted by Crippen LogP contribution is 2.45. The van der Waals surface area contributed by atoms with Crippen molar-refractivity contribution in [3.63, 3.8) is 0 Å². The van der Waals surface area contributed by atoms with Gasteiger partial charge in [0, 0.05) is 19.3 Å². The molecule has 1 aliphatic heterocycles. The molecule has 86 valence electrons. The smallest absolute Gasteiger partial charge is 0.169 e. The van der Waals surface area contributed by atoms with Crippen molar-refractivity contribution in [1.29, 1.82) is 0 Å². The molecular formula is C12H20O3. The fourth-order valence-corrected chi connectivity index (χ4v) is 2.70. The molecule has 1 spiro atoms. The van der Waals surface area contributed by atoms with Crippen molar-refractivity contribution < 1.29 is 14.3 Å². The summed E-state index contributed by atoms with van der Waals surface area (Å²) in [5.74, 6) is -0.380. The Morgan fingerprint density at radius 3 is 2.53 bits per heavy atom. The highest BCUT2D eigenvalue weighted by molar-refractivity contribution is 5.50. The molecule has 0 N–H and O–H groups in total. The lowest BCUT2D eigenvalue weighted by Gasteiger charge is -2.32. The zero-order valence-electron chi connectivity index (χ0n) is 9.62. The molecule has 0 unspecified atom stereocenters. The van der Waals surface area contributed by atoms with E-state index in [0.29, 0.717) is 6.42 Å². The van der Waals surface area contributed by atoms with Gasteiger partial charge in [0.05, 0.1) is 11.7 Å². The molecule has 3 nitrogen and oxygen atoms in total. The maximum absolute atomic E-state index is 10.6. The molecule has 2 rings (SSSR count). The van der Waals surface area contributed by atoms with Gasteiger partial charge in [-0.15, -0.1) is 0 Å². The lowest BCUT2D eigenvalue weighted by molar-refractivity contribution is -0.203. The van der Waals surface area contributed by atoms with Gasteiger partial charge in [0.2, 0.25) is 0 Å². The highest BCUT2D eigenvalue weighted by atomic mass is 16.8. The van der Waals surface area contributed by atoms with E-state index >= 15 is 0 Å². The van der Waals surface area contributed by atoms with Crippen LogP contribution in [-0.4, -0.2) is 23.8 Å². The highest BCUT2D eigenvalue weighted by Gasteiger charge is 2.51. The fraction of sp³-hybridized carbons (Fsp3) is 0.917. The van der Waals surface area contributed by atoms with Crippen LogP contribution in [0.1, 0.15) is 52.4 Å². The summed E-state index contributed by atoms with van der Waals surface area (Å²) in [5, 5.41) is 0. The Morgan fingerprint density at radius 2 is 1.93 bits per heavy atom. The van der Waals surface area contributed by atoms with E-state index in [9.17, 15) is 4.79 Å². The van der Waals surface area contributed by atoms with Crippen LogP contribution in [0.4, 0.5) is 0 Å². The van der Waals surface area contributed by atoms with Gasteiger partial charge in [0.25, 0.3) is 0 Å². The summed E-state index contributed by atoms with van der Waals surface area (Å²) in [6.07, 6.45) is 6.86. The monoisotopic (exact) mass is 212 g/mol. The Balaban J connectivity index is 2.09. The van der Waals surface area contributed by atoms with Crippen molar-refractivity contribution in [2.24, 2.45) is 0 Å². The summed E-state index contributed by atoms with van der Waals surface area (Å²) in [5.41, 5.74) is -0.321. The number of rotatable bonds is 2. The SMILES string of the molecule is CC1(C)OC2(CCCCC2)O[C@@H]1CC=O. The third kappa shape index (κ3) is 2.08. The Kier molecular flexibility index (Phi) is 2.86. The summed E-state index contributed by atoms with van der Waals surface area (Å²) >= 11 is 0. The second-order valence-corrected chi connectivity index (χ2v) is 5.19. The maximum atomic E-state index is 10.6. The number of aldehydes is 1. The van der Waals surface area contributed by atoms with E-state index in [1.165, 1.54) is 19.3 Å². The van der Waals surface area contributed by atoms with E-state index in [0.717, 1.165) is 19.1 Å². The van der Waals surface area contributed by atoms with Crippen LogP contribution in [0.2, 0.25) is 0 Å². The first kappa shape index (κ1) is 11.1. The van der Waals surface area contributed by atoms with Gasteiger partial charge in [0.15, 0.2) is 5.79 Å². The van der Waals surface area contributed by atoms with Gasteiger partial charge >= 0.3 is 0 Å². The predicted molar refractivity (Wildman–Crippen MR) is 56.5 cm³/mol. The summed E-state index contributed by atoms with van der Waals surface area (Å²) in [7, 11) is 0. The zero-order valence-corrected chi connectivity index (χ0v) is 9.62. The maximum Gasteiger partial charge on any atom is 0.169 e. The van der Waals surface area contributed by atoms with Crippen molar-refractivity contribution in [3.05, 3.63) is 0 Å². The first-order chi connectivity index (χ1) is 7.08. The molecule has 1 heterocycles. The third-order valence-electron chi connectivity index (χ3n) is 3.51. The standard InChI is InChI=1S/C12H20O3/c1-11(2)10(6-9-13)14-12(15-11)7-4-3-5-8-12/h9-10H,3-8H2,1-2H3/t10-/m1/s1. The van der Waals surface area contributed by atoms with Gasteiger partial charge in [-0.3, -0.25) is 0 Å². The van der Waals surface area contributed by atoms with Crippen LogP contribution in [0.25, 0.3) is 0 Å². The Labute approximate surface area is 91.1 Å². The normalized spacial score (nSPS) is 33.1. The Bertz CT molecular complexity index is 241. The topological polar surface area (TPSA) is 35.5 Å². The Hall–Kier alpha value is -0.410. The molecule has 15 heavy (non-hydrogen) atoms. The van der Waals surface area contributed by atoms with Crippen molar-refractivity contribution >= 4 is 6.29 Å². The third-order valence-corrected chi connectivity index (χ3v) is 3.51. The minimum Gasteiger partial charge on any atom is -0.343 e. The molecule has 1 aliphatic carbocycles. The largest absolute Gasteiger partial charge is 0.343 e. The van der Waals surface area contributed by atoms with Gasteiger partial charge in [-0.05, 0) is 26.7 Å². The summed E-state index contributed by atoms with van der Waals surface area (Å²) in [6.45, 7) is 4.04. The van der Waals surface area contributed by atoms with Gasteiger partial charge in [0.1, 0.15) is 6.29 Å². The molecule has 2 fully saturated rings. The lowest BCUT2D eigenvalue weighted by atomic mass is 9.94. The molecule has 2 aliphatic rings. The van der Waals surface area contributed by atoms with Gasteiger partial charge in [-0.2, -0.15) is 0 Å². The van der Waals surface area contributed by atoms with Crippen LogP contribution in [0.5, 0.6) is 0 Å². The van der Waals surface area contributed by atoms with Gasteiger partial charge in [-0.1, -0.05) is 6.42 Å². The molecule has 1 saturated heterocycles. The van der Waals surface area contributed by atoms with E-state index < -0.39 is 0 Å². The first-order valence-corrected chi connectivity index (χ1v) is 5.90. The van der Waals surface area contributed by atoms with Crippen LogP contribution in [0.3, 0.4) is 0 Å². The number of ether oxygens (including phenoxy) is 2. The quantitative estimate of drug-likeness (QED) is 0.659. The van der Waals surface area contributed by atoms with Crippen molar-refractivity contribution in [2.45, 2.75) is 69.9 Å². The van der Waals surface area contributed by atoms with Crippen LogP contribution < -0.4 is 0 Å². The molecule has 0 amide bonds. The number of carbonyl (C=O) groups excluding carboxylic acids is 1. The zero-order chi connectivity index (χ0) is 10.9. The first-order valence-electron chi connectivity index (χ1n) is 5.90. The van der Waals surface area contributed by atoms with Crippen molar-refractivity contribution in [3.8, 4) is 0 Å². The van der Waals surface area contributed by atoms with E-state index in [2.05, 4.69) is 0 Å². The molecule has 0 aromatic rings. The van der Waals surface area contributed by atoms with Crippen LogP contribution >= 0.6 is 0 Å². The van der Waals surface area contributed by atoms with Gasteiger partial charge < -0.3 is 14.3 Å². The molecule has 0 aromatic carbocycles. The van der Waals surface area contributed by atoms with E-state index in [4.69, 9.17) is 9.47 Å². The Morgan fingerprint density at radius 1 is 1.27 bits per heavy atom. The van der Waals surface area contributed by atoms with Crippen molar-refractivity contribution in [1.82, 2.24) is 0 Å². The second kappa shape index (κ2) is 3.87. The molecule has 3 heteroatoms. The molecule has 1 saturated carbocycles. The summed E-state index contributed by atoms with van der Waals surface area (Å²) in [6, 6.07) is 0. The minimum absolute atomic E-state index is 0.0758. The summed E-state index contributed by atoms with van der Waals surface area (Å²) < 4.78 is 12.1. The predicted octanol–water partition coefficient (Wildman–Crippen LogP) is 2.43. The van der Waals surface area contributed by atoms with Crippen LogP contribution in [0, 0.1) is 0 Å². The molecule has 0 bridgehead atoms. The average molecular weight is 212 g/mol. The van der Waals surface area contributed by atoms with E-state index in [1.807, 2.05) is 13.8 Å². The lowest BCUT2D eigenvalue weighted by Crippen LogP contribution is -2.35. The second-order valence-electron chi connectivity index (χ2n) is 5.19. The minimum atomic E-state index is -0.380. The fourth-order valence-electron chi connectivity index (χ4n) is 2.70. The van der Waals surface area contributed by atoms with Crippen molar-refractivity contribution in [2.75, 3.05) is 0 Å². The number of hydrogen-bond acceptors (Lipinski definition) is 3. The molecule has 0 aromatic heterocycles. The molecule has 0 radical (unpaired) electrons. The van der Waals surface area contributed by atoms with Crippen LogP contribution in [0.15, 0.2) is 0 Å². The van der Waals surface area contributed by atoms with E-state index in [-0.39, 0.29) is 17.5 Å². The van der Waals surface area contributed by atoms with E-state index in [1.54, 1.807) is 0 Å². The van der Waals surface area contributed by atoms with Crippen LogP contribution in [-0.2, 0) is 14.3 Å². The number of hydrogen-bond donors (Lipinski definition) is 0. The molecule has 1 atom stereocenters. The molecular weight excluding hydrogens is 192 g/mol. The number of carbonyl (C=O) groups is 1. The van der Waals surface area contributed by atoms with Gasteiger partial charge in [-0.25, -0.2) is 0 Å².